The van der Waals surface area contributed by atoms with E-state index >= 15 is 0 Å². The number of benzene rings is 13. The summed E-state index contributed by atoms with van der Waals surface area (Å²) in [5.41, 5.74) is 34.3. The number of fused-ring (bicyclic) bond motifs is 13. The van der Waals surface area contributed by atoms with Crippen LogP contribution < -0.4 is 16.4 Å². The van der Waals surface area contributed by atoms with Crippen LogP contribution in [0.3, 0.4) is 0 Å². The molecule has 0 N–H and O–H groups in total. The Bertz CT molecular complexity index is 5650. The van der Waals surface area contributed by atoms with Crippen LogP contribution in [0, 0.1) is 0 Å². The van der Waals surface area contributed by atoms with Crippen molar-refractivity contribution >= 4 is 88.5 Å². The molecule has 0 atom stereocenters. The zero-order valence-corrected chi connectivity index (χ0v) is 58.3. The maximum absolute atomic E-state index is 2.70. The molecule has 4 heteroatoms. The van der Waals surface area contributed by atoms with Crippen molar-refractivity contribution in [3.63, 3.8) is 0 Å². The molecule has 474 valence electrons. The third-order valence-electron chi connectivity index (χ3n) is 21.8. The van der Waals surface area contributed by atoms with Gasteiger partial charge in [-0.15, -0.1) is 0 Å². The Hall–Kier alpha value is -10.7. The van der Waals surface area contributed by atoms with Crippen LogP contribution in [0.15, 0.2) is 267 Å². The van der Waals surface area contributed by atoms with E-state index < -0.39 is 0 Å². The quantitative estimate of drug-likeness (QED) is 0.141. The zero-order valence-electron chi connectivity index (χ0n) is 58.3. The lowest BCUT2D eigenvalue weighted by molar-refractivity contribution is 0.590. The lowest BCUT2D eigenvalue weighted by Gasteiger charge is -2.35. The second-order valence-electron chi connectivity index (χ2n) is 32.2. The third-order valence-corrected chi connectivity index (χ3v) is 21.8. The van der Waals surface area contributed by atoms with Gasteiger partial charge in [0, 0.05) is 54.7 Å². The van der Waals surface area contributed by atoms with Crippen molar-refractivity contribution in [3.05, 3.63) is 289 Å². The van der Waals surface area contributed by atoms with Crippen LogP contribution >= 0.6 is 0 Å². The fourth-order valence-corrected chi connectivity index (χ4v) is 16.6. The lowest BCUT2D eigenvalue weighted by Crippen LogP contribution is -2.59. The summed E-state index contributed by atoms with van der Waals surface area (Å²) in [6.45, 7) is 28.0. The van der Waals surface area contributed by atoms with E-state index in [0.717, 1.165) is 5.69 Å². The number of rotatable bonds is 7. The molecule has 0 amide bonds. The molecule has 0 bridgehead atoms. The first-order valence-electron chi connectivity index (χ1n) is 35.2. The lowest BCUT2D eigenvalue weighted by atomic mass is 9.34. The minimum Gasteiger partial charge on any atom is -0.310 e. The van der Waals surface area contributed by atoms with Crippen molar-refractivity contribution in [2.24, 2.45) is 0 Å². The second kappa shape index (κ2) is 21.4. The van der Waals surface area contributed by atoms with Crippen molar-refractivity contribution in [1.82, 2.24) is 13.7 Å². The van der Waals surface area contributed by atoms with Crippen molar-refractivity contribution in [1.29, 1.82) is 0 Å². The fourth-order valence-electron chi connectivity index (χ4n) is 16.6. The molecule has 0 fully saturated rings. The Morgan fingerprint density at radius 1 is 0.235 bits per heavy atom. The standard InChI is InChI=1S/C94H80BN3/c1-91(2,3)65-39-43-82-76(51-65)78-47-63(72-35-21-19-33-70(72)61-31-23-29-59(45-61)57-25-15-13-16-26-57)49-80-89(78)97(82)86-55-69(96-84-53-67(93(7,8)9)37-41-74(84)75-42-38-68(54-85(75)96)94(10,11)12)56-87-88(86)95(80)81-50-64(48-79-77-52-66(92(4,5)6)40-44-83(77)98(87)90(79)81)73-36-22-20-34-71(73)62-32-24-30-60(46-62)58-27-17-14-18-28-58/h13-56H,1-12H3. The average molecular weight is 1260 g/mol. The molecule has 3 nitrogen and oxygen atoms in total. The summed E-state index contributed by atoms with van der Waals surface area (Å²) in [4.78, 5) is 0. The average Bonchev–Trinajstić information content (AvgIpc) is 1.45. The molecule has 3 aromatic heterocycles. The minimum atomic E-state index is -0.183. The Morgan fingerprint density at radius 2 is 0.582 bits per heavy atom. The van der Waals surface area contributed by atoms with E-state index in [1.54, 1.807) is 0 Å². The van der Waals surface area contributed by atoms with Gasteiger partial charge in [0.2, 0.25) is 0 Å². The molecule has 0 aliphatic carbocycles. The number of aromatic nitrogens is 3. The zero-order chi connectivity index (χ0) is 67.1. The van der Waals surface area contributed by atoms with E-state index in [9.17, 15) is 0 Å². The molecule has 0 saturated carbocycles. The Kier molecular flexibility index (Phi) is 13.1. The van der Waals surface area contributed by atoms with Gasteiger partial charge in [0.1, 0.15) is 0 Å². The van der Waals surface area contributed by atoms with Gasteiger partial charge in [0.05, 0.1) is 27.8 Å². The smallest absolute Gasteiger partial charge is 0.252 e. The first-order chi connectivity index (χ1) is 47.1. The number of nitrogens with zero attached hydrogens (tertiary/aromatic N) is 3. The molecular weight excluding hydrogens is 1180 g/mol. The van der Waals surface area contributed by atoms with Gasteiger partial charge in [0.25, 0.3) is 6.71 Å². The highest BCUT2D eigenvalue weighted by Crippen LogP contribution is 2.48. The Morgan fingerprint density at radius 3 is 0.980 bits per heavy atom. The normalized spacial score (nSPS) is 13.1. The molecule has 13 aromatic carbocycles. The second-order valence-corrected chi connectivity index (χ2v) is 32.2. The first-order valence-corrected chi connectivity index (χ1v) is 35.2. The topological polar surface area (TPSA) is 14.8 Å². The van der Waals surface area contributed by atoms with E-state index in [1.165, 1.54) is 182 Å². The molecule has 2 aliphatic heterocycles. The molecule has 18 rings (SSSR count). The van der Waals surface area contributed by atoms with Gasteiger partial charge < -0.3 is 13.7 Å². The maximum Gasteiger partial charge on any atom is 0.252 e. The highest BCUT2D eigenvalue weighted by Gasteiger charge is 2.43. The van der Waals surface area contributed by atoms with E-state index in [0.29, 0.717) is 0 Å². The van der Waals surface area contributed by atoms with Gasteiger partial charge in [-0.1, -0.05) is 277 Å². The van der Waals surface area contributed by atoms with E-state index in [-0.39, 0.29) is 28.4 Å². The Balaban J connectivity index is 1.00. The largest absolute Gasteiger partial charge is 0.310 e. The summed E-state index contributed by atoms with van der Waals surface area (Å²) in [6.07, 6.45) is 0. The molecule has 0 saturated heterocycles. The summed E-state index contributed by atoms with van der Waals surface area (Å²) < 4.78 is 8.03. The maximum atomic E-state index is 2.70. The van der Waals surface area contributed by atoms with Crippen molar-refractivity contribution in [2.45, 2.75) is 105 Å². The SMILES string of the molecule is CC(C)(C)c1ccc2c(c1)c1cc(-c3ccccc3-c3cccc(-c4ccccc4)c3)cc3c1n2-c1cc(-n2c4cc(C(C)(C)C)ccc4c4ccc(C(C)(C)C)cc42)cc2c1B3c1cc(-c3ccccc3-c3cccc(-c4ccccc4)c3)cc3c4cc(C(C)(C)C)ccc4n-2c13. The van der Waals surface area contributed by atoms with Gasteiger partial charge in [-0.25, -0.2) is 0 Å². The summed E-state index contributed by atoms with van der Waals surface area (Å²) in [6, 6.07) is 103. The predicted molar refractivity (Wildman–Crippen MR) is 422 cm³/mol. The molecule has 0 spiro atoms. The number of hydrogen-bond acceptors (Lipinski definition) is 0. The predicted octanol–water partition coefficient (Wildman–Crippen LogP) is 23.3. The summed E-state index contributed by atoms with van der Waals surface area (Å²) in [5.74, 6) is 0. The van der Waals surface area contributed by atoms with Crippen molar-refractivity contribution in [2.75, 3.05) is 0 Å². The van der Waals surface area contributed by atoms with E-state index in [1.807, 2.05) is 0 Å². The Labute approximate surface area is 576 Å². The van der Waals surface area contributed by atoms with Gasteiger partial charge >= 0.3 is 0 Å². The monoisotopic (exact) mass is 1260 g/mol. The molecule has 0 unspecified atom stereocenters. The summed E-state index contributed by atoms with van der Waals surface area (Å²) in [7, 11) is 0. The summed E-state index contributed by atoms with van der Waals surface area (Å²) in [5, 5.41) is 7.59. The van der Waals surface area contributed by atoms with Crippen molar-refractivity contribution in [3.8, 4) is 83.8 Å². The number of hydrogen-bond donors (Lipinski definition) is 0. The van der Waals surface area contributed by atoms with Crippen LogP contribution in [0.5, 0.6) is 0 Å². The highest BCUT2D eigenvalue weighted by molar-refractivity contribution is 7.00. The van der Waals surface area contributed by atoms with Gasteiger partial charge in [-0.2, -0.15) is 0 Å². The molecular formula is C94H80BN3. The van der Waals surface area contributed by atoms with Crippen LogP contribution in [-0.4, -0.2) is 20.4 Å². The molecule has 0 radical (unpaired) electrons. The molecule has 98 heavy (non-hydrogen) atoms. The van der Waals surface area contributed by atoms with Crippen LogP contribution in [0.2, 0.25) is 0 Å². The molecule has 2 aliphatic rings. The van der Waals surface area contributed by atoms with Crippen LogP contribution in [0.25, 0.3) is 149 Å². The van der Waals surface area contributed by atoms with E-state index in [4.69, 9.17) is 0 Å². The van der Waals surface area contributed by atoms with E-state index in [2.05, 4.69) is 364 Å². The molecule has 16 aromatic rings. The van der Waals surface area contributed by atoms with Gasteiger partial charge in [-0.3, -0.25) is 0 Å². The molecule has 5 heterocycles. The minimum absolute atomic E-state index is 0.0746. The highest BCUT2D eigenvalue weighted by atomic mass is 15.1. The van der Waals surface area contributed by atoms with Crippen LogP contribution in [0.4, 0.5) is 0 Å². The first kappa shape index (κ1) is 59.8. The van der Waals surface area contributed by atoms with Gasteiger partial charge in [-0.05, 0) is 200 Å². The van der Waals surface area contributed by atoms with Gasteiger partial charge in [0.15, 0.2) is 0 Å². The third kappa shape index (κ3) is 9.31. The summed E-state index contributed by atoms with van der Waals surface area (Å²) >= 11 is 0. The van der Waals surface area contributed by atoms with Crippen LogP contribution in [0.1, 0.15) is 105 Å². The van der Waals surface area contributed by atoms with Crippen LogP contribution in [-0.2, 0) is 21.7 Å². The van der Waals surface area contributed by atoms with Crippen molar-refractivity contribution < 1.29 is 0 Å². The fraction of sp³-hybridized carbons (Fsp3) is 0.170.